The van der Waals surface area contributed by atoms with Crippen LogP contribution < -0.4 is 9.64 Å². The highest BCUT2D eigenvalue weighted by Crippen LogP contribution is 2.45. The topological polar surface area (TPSA) is 79.7 Å². The monoisotopic (exact) mass is 512 g/mol. The first-order valence-corrected chi connectivity index (χ1v) is 12.9. The van der Waals surface area contributed by atoms with Crippen LogP contribution in [0.5, 0.6) is 5.75 Å². The molecule has 0 aliphatic carbocycles. The summed E-state index contributed by atoms with van der Waals surface area (Å²) in [5, 5.41) is 11.8. The van der Waals surface area contributed by atoms with Crippen LogP contribution in [0.15, 0.2) is 66.2 Å². The van der Waals surface area contributed by atoms with Crippen molar-refractivity contribution in [3.63, 3.8) is 0 Å². The van der Waals surface area contributed by atoms with Gasteiger partial charge in [0.1, 0.15) is 11.5 Å². The van der Waals surface area contributed by atoms with Crippen LogP contribution in [-0.2, 0) is 9.59 Å². The number of aryl methyl sites for hydroxylation is 2. The molecule has 4 aromatic rings. The highest BCUT2D eigenvalue weighted by atomic mass is 32.1. The van der Waals surface area contributed by atoms with E-state index in [0.29, 0.717) is 22.4 Å². The predicted molar refractivity (Wildman–Crippen MR) is 147 cm³/mol. The van der Waals surface area contributed by atoms with Crippen molar-refractivity contribution in [3.8, 4) is 5.75 Å². The summed E-state index contributed by atoms with van der Waals surface area (Å²) in [5.41, 5.74) is 5.25. The molecule has 0 spiro atoms. The number of aromatic nitrogens is 1. The predicted octanol–water partition coefficient (Wildman–Crippen LogP) is 6.67. The van der Waals surface area contributed by atoms with Gasteiger partial charge >= 0.3 is 5.91 Å². The van der Waals surface area contributed by atoms with Crippen LogP contribution in [0.2, 0.25) is 0 Å². The van der Waals surface area contributed by atoms with Gasteiger partial charge in [-0.1, -0.05) is 55.5 Å². The summed E-state index contributed by atoms with van der Waals surface area (Å²) in [7, 11) is 1.56. The number of methoxy groups -OCH3 is 1. The van der Waals surface area contributed by atoms with Gasteiger partial charge in [0.2, 0.25) is 0 Å². The van der Waals surface area contributed by atoms with E-state index >= 15 is 0 Å². The number of hydrogen-bond donors (Lipinski definition) is 1. The Morgan fingerprint density at radius 1 is 1.03 bits per heavy atom. The average Bonchev–Trinajstić information content (AvgIpc) is 3.42. The van der Waals surface area contributed by atoms with Gasteiger partial charge < -0.3 is 9.84 Å². The third kappa shape index (κ3) is 4.29. The van der Waals surface area contributed by atoms with Gasteiger partial charge in [0, 0.05) is 5.56 Å². The van der Waals surface area contributed by atoms with Crippen molar-refractivity contribution < 1.29 is 19.4 Å². The number of thiazole rings is 1. The molecule has 1 unspecified atom stereocenters. The first-order chi connectivity index (χ1) is 17.7. The minimum Gasteiger partial charge on any atom is -0.507 e. The lowest BCUT2D eigenvalue weighted by Gasteiger charge is -2.23. The zero-order valence-electron chi connectivity index (χ0n) is 21.4. The van der Waals surface area contributed by atoms with Gasteiger partial charge in [-0.15, -0.1) is 0 Å². The summed E-state index contributed by atoms with van der Waals surface area (Å²) in [6, 6.07) is 17.9. The number of carbonyl (C=O) groups excluding carboxylic acids is 2. The summed E-state index contributed by atoms with van der Waals surface area (Å²) in [4.78, 5) is 33.2. The second-order valence-electron chi connectivity index (χ2n) is 9.64. The first-order valence-electron chi connectivity index (χ1n) is 12.1. The van der Waals surface area contributed by atoms with Crippen LogP contribution in [0.25, 0.3) is 16.0 Å². The third-order valence-corrected chi connectivity index (χ3v) is 7.75. The molecule has 37 heavy (non-hydrogen) atoms. The molecule has 1 fully saturated rings. The van der Waals surface area contributed by atoms with Gasteiger partial charge in [0.05, 0.1) is 28.9 Å². The van der Waals surface area contributed by atoms with Gasteiger partial charge in [-0.3, -0.25) is 14.5 Å². The molecule has 1 aliphatic heterocycles. The standard InChI is InChI=1S/C30H28N2O4S/c1-16(2)19-6-8-20(9-7-19)26-24(27(33)21-10-12-22(36-5)13-11-21)28(34)29(35)32(26)30-31-25-18(4)14-17(3)15-23(25)37-30/h6-16,26,33H,1-5H3. The number of nitrogens with zero attached hydrogens (tertiary/aromatic N) is 2. The smallest absolute Gasteiger partial charge is 0.301 e. The molecule has 3 aromatic carbocycles. The zero-order valence-corrected chi connectivity index (χ0v) is 22.2. The van der Waals surface area contributed by atoms with Crippen LogP contribution in [-0.4, -0.2) is 28.9 Å². The van der Waals surface area contributed by atoms with Gasteiger partial charge in [-0.2, -0.15) is 0 Å². The number of fused-ring (bicyclic) bond motifs is 1. The van der Waals surface area contributed by atoms with E-state index in [4.69, 9.17) is 9.72 Å². The van der Waals surface area contributed by atoms with E-state index < -0.39 is 17.7 Å². The number of benzene rings is 3. The van der Waals surface area contributed by atoms with Crippen molar-refractivity contribution in [2.24, 2.45) is 0 Å². The second kappa shape index (κ2) is 9.48. The number of aliphatic hydroxyl groups excluding tert-OH is 1. The molecule has 1 N–H and O–H groups in total. The minimum atomic E-state index is -0.815. The molecule has 0 bridgehead atoms. The Bertz CT molecular complexity index is 1550. The molecule has 1 atom stereocenters. The molecule has 1 aromatic heterocycles. The van der Waals surface area contributed by atoms with Crippen LogP contribution >= 0.6 is 11.3 Å². The fraction of sp³-hybridized carbons (Fsp3) is 0.233. The van der Waals surface area contributed by atoms with E-state index in [1.807, 2.05) is 50.2 Å². The molecule has 188 valence electrons. The van der Waals surface area contributed by atoms with Crippen LogP contribution in [0, 0.1) is 13.8 Å². The molecular weight excluding hydrogens is 484 g/mol. The summed E-state index contributed by atoms with van der Waals surface area (Å²) >= 11 is 1.37. The quantitative estimate of drug-likeness (QED) is 0.183. The molecule has 0 saturated carbocycles. The van der Waals surface area contributed by atoms with Crippen LogP contribution in [0.1, 0.15) is 53.6 Å². The van der Waals surface area contributed by atoms with Gasteiger partial charge in [-0.05, 0) is 72.4 Å². The first kappa shape index (κ1) is 24.7. The lowest BCUT2D eigenvalue weighted by Crippen LogP contribution is -2.29. The van der Waals surface area contributed by atoms with Crippen LogP contribution in [0.3, 0.4) is 0 Å². The highest BCUT2D eigenvalue weighted by Gasteiger charge is 2.48. The molecule has 2 heterocycles. The van der Waals surface area contributed by atoms with Crippen molar-refractivity contribution in [2.75, 3.05) is 12.0 Å². The Morgan fingerprint density at radius 3 is 2.32 bits per heavy atom. The SMILES string of the molecule is COc1ccc(C(O)=C2C(=O)C(=O)N(c3nc4c(C)cc(C)cc4s3)C2c2ccc(C(C)C)cc2)cc1. The summed E-state index contributed by atoms with van der Waals surface area (Å²) in [6.07, 6.45) is 0. The number of anilines is 1. The Morgan fingerprint density at radius 2 is 1.70 bits per heavy atom. The molecule has 0 radical (unpaired) electrons. The Labute approximate surface area is 219 Å². The highest BCUT2D eigenvalue weighted by molar-refractivity contribution is 7.22. The number of amides is 1. The number of ether oxygens (including phenoxy) is 1. The molecule has 1 aliphatic rings. The third-order valence-electron chi connectivity index (χ3n) is 6.75. The van der Waals surface area contributed by atoms with Crippen LogP contribution in [0.4, 0.5) is 5.13 Å². The molecule has 1 amide bonds. The number of rotatable bonds is 5. The normalized spacial score (nSPS) is 17.2. The zero-order chi connectivity index (χ0) is 26.4. The van der Waals surface area contributed by atoms with E-state index in [1.54, 1.807) is 31.4 Å². The number of carbonyl (C=O) groups is 2. The van der Waals surface area contributed by atoms with E-state index in [1.165, 1.54) is 16.2 Å². The fourth-order valence-corrected chi connectivity index (χ4v) is 5.94. The molecule has 5 rings (SSSR count). The lowest BCUT2D eigenvalue weighted by molar-refractivity contribution is -0.132. The van der Waals surface area contributed by atoms with Crippen molar-refractivity contribution in [2.45, 2.75) is 39.7 Å². The molecule has 6 nitrogen and oxygen atoms in total. The number of Topliss-reactive ketones (excluding diaryl/α,β-unsaturated/α-hetero) is 1. The van der Waals surface area contributed by atoms with E-state index in [-0.39, 0.29) is 11.3 Å². The largest absolute Gasteiger partial charge is 0.507 e. The number of ketones is 1. The Balaban J connectivity index is 1.71. The fourth-order valence-electron chi connectivity index (χ4n) is 4.77. The van der Waals surface area contributed by atoms with Crippen molar-refractivity contribution in [3.05, 3.63) is 94.1 Å². The maximum absolute atomic E-state index is 13.5. The number of hydrogen-bond acceptors (Lipinski definition) is 6. The van der Waals surface area contributed by atoms with E-state index in [9.17, 15) is 14.7 Å². The van der Waals surface area contributed by atoms with Gasteiger partial charge in [0.15, 0.2) is 5.13 Å². The maximum Gasteiger partial charge on any atom is 0.301 e. The minimum absolute atomic E-state index is 0.0413. The van der Waals surface area contributed by atoms with Crippen molar-refractivity contribution in [1.29, 1.82) is 0 Å². The molecule has 7 heteroatoms. The van der Waals surface area contributed by atoms with Gasteiger partial charge in [0.25, 0.3) is 5.78 Å². The number of aliphatic hydroxyl groups is 1. The Kier molecular flexibility index (Phi) is 6.33. The van der Waals surface area contributed by atoms with Crippen molar-refractivity contribution >= 4 is 44.1 Å². The van der Waals surface area contributed by atoms with E-state index in [0.717, 1.165) is 32.5 Å². The van der Waals surface area contributed by atoms with Crippen molar-refractivity contribution in [1.82, 2.24) is 4.98 Å². The van der Waals surface area contributed by atoms with E-state index in [2.05, 4.69) is 13.8 Å². The molecule has 1 saturated heterocycles. The summed E-state index contributed by atoms with van der Waals surface area (Å²) in [6.45, 7) is 8.22. The molecular formula is C30H28N2O4S. The average molecular weight is 513 g/mol. The summed E-state index contributed by atoms with van der Waals surface area (Å²) in [5.74, 6) is -0.720. The Hall–Kier alpha value is -3.97. The lowest BCUT2D eigenvalue weighted by atomic mass is 9.93. The summed E-state index contributed by atoms with van der Waals surface area (Å²) < 4.78 is 6.16. The maximum atomic E-state index is 13.5. The van der Waals surface area contributed by atoms with Gasteiger partial charge in [-0.25, -0.2) is 4.98 Å². The second-order valence-corrected chi connectivity index (χ2v) is 10.7.